The molecule has 1 aliphatic rings. The van der Waals surface area contributed by atoms with E-state index >= 15 is 0 Å². The molecule has 1 aromatic carbocycles. The molecule has 110 valence electrons. The standard InChI is InChI=1S/C16H22O3S/c1-3-12-14(16(17)18)8-7-13(11-5-4-6-11)15(12)20-10-9-19-2/h7-8,11H,3-6,9-10H2,1-2H3,(H,17,18). The van der Waals surface area contributed by atoms with Crippen molar-refractivity contribution < 1.29 is 14.6 Å². The molecule has 0 amide bonds. The van der Waals surface area contributed by atoms with Crippen LogP contribution in [0.2, 0.25) is 0 Å². The number of methoxy groups -OCH3 is 1. The highest BCUT2D eigenvalue weighted by atomic mass is 32.2. The van der Waals surface area contributed by atoms with E-state index in [1.165, 1.54) is 29.7 Å². The zero-order valence-electron chi connectivity index (χ0n) is 12.1. The first-order valence-electron chi connectivity index (χ1n) is 7.19. The van der Waals surface area contributed by atoms with Crippen LogP contribution in [-0.2, 0) is 11.2 Å². The number of hydrogen-bond acceptors (Lipinski definition) is 3. The molecule has 0 aliphatic heterocycles. The number of rotatable bonds is 7. The van der Waals surface area contributed by atoms with Crippen LogP contribution >= 0.6 is 11.8 Å². The minimum atomic E-state index is -0.824. The van der Waals surface area contributed by atoms with Crippen LogP contribution in [-0.4, -0.2) is 30.5 Å². The maximum absolute atomic E-state index is 11.4. The maximum atomic E-state index is 11.4. The van der Waals surface area contributed by atoms with Crippen molar-refractivity contribution in [3.63, 3.8) is 0 Å². The van der Waals surface area contributed by atoms with Gasteiger partial charge < -0.3 is 9.84 Å². The fourth-order valence-electron chi connectivity index (χ4n) is 2.64. The molecular formula is C16H22O3S. The summed E-state index contributed by atoms with van der Waals surface area (Å²) in [5, 5.41) is 9.36. The van der Waals surface area contributed by atoms with Crippen LogP contribution in [0.3, 0.4) is 0 Å². The largest absolute Gasteiger partial charge is 0.478 e. The van der Waals surface area contributed by atoms with E-state index in [0.717, 1.165) is 17.7 Å². The first kappa shape index (κ1) is 15.4. The highest BCUT2D eigenvalue weighted by Crippen LogP contribution is 2.43. The highest BCUT2D eigenvalue weighted by molar-refractivity contribution is 7.99. The molecular weight excluding hydrogens is 272 g/mol. The Balaban J connectivity index is 2.37. The van der Waals surface area contributed by atoms with Crippen molar-refractivity contribution in [3.8, 4) is 0 Å². The predicted octanol–water partition coefficient (Wildman–Crippen LogP) is 3.95. The number of aromatic carboxylic acids is 1. The zero-order chi connectivity index (χ0) is 14.5. The molecule has 0 unspecified atom stereocenters. The third-order valence-electron chi connectivity index (χ3n) is 3.95. The van der Waals surface area contributed by atoms with Crippen LogP contribution in [0, 0.1) is 0 Å². The van der Waals surface area contributed by atoms with Gasteiger partial charge in [0.25, 0.3) is 0 Å². The summed E-state index contributed by atoms with van der Waals surface area (Å²) in [5.41, 5.74) is 2.79. The van der Waals surface area contributed by atoms with Gasteiger partial charge in [0.05, 0.1) is 12.2 Å². The van der Waals surface area contributed by atoms with Gasteiger partial charge in [0.2, 0.25) is 0 Å². The number of carboxylic acids is 1. The summed E-state index contributed by atoms with van der Waals surface area (Å²) < 4.78 is 5.12. The SMILES string of the molecule is CCc1c(C(=O)O)ccc(C2CCC2)c1SCCOC. The second-order valence-electron chi connectivity index (χ2n) is 5.14. The molecule has 0 heterocycles. The van der Waals surface area contributed by atoms with Crippen LogP contribution in [0.5, 0.6) is 0 Å². The first-order valence-corrected chi connectivity index (χ1v) is 8.18. The van der Waals surface area contributed by atoms with Crippen LogP contribution < -0.4 is 0 Å². The minimum absolute atomic E-state index is 0.454. The van der Waals surface area contributed by atoms with Gasteiger partial charge in [-0.2, -0.15) is 0 Å². The first-order chi connectivity index (χ1) is 9.69. The molecule has 1 N–H and O–H groups in total. The molecule has 1 aromatic rings. The van der Waals surface area contributed by atoms with Crippen molar-refractivity contribution in [2.45, 2.75) is 43.4 Å². The number of thioether (sulfide) groups is 1. The zero-order valence-corrected chi connectivity index (χ0v) is 13.0. The van der Waals surface area contributed by atoms with Crippen LogP contribution in [0.4, 0.5) is 0 Å². The second-order valence-corrected chi connectivity index (χ2v) is 6.24. The molecule has 0 saturated heterocycles. The molecule has 4 heteroatoms. The Hall–Kier alpha value is -1.00. The van der Waals surface area contributed by atoms with Gasteiger partial charge in [-0.3, -0.25) is 0 Å². The molecule has 0 radical (unpaired) electrons. The third-order valence-corrected chi connectivity index (χ3v) is 5.10. The van der Waals surface area contributed by atoms with E-state index in [1.807, 2.05) is 13.0 Å². The van der Waals surface area contributed by atoms with E-state index < -0.39 is 5.97 Å². The van der Waals surface area contributed by atoms with Gasteiger partial charge in [-0.05, 0) is 42.4 Å². The molecule has 20 heavy (non-hydrogen) atoms. The lowest BCUT2D eigenvalue weighted by molar-refractivity contribution is 0.0695. The number of carbonyl (C=O) groups is 1. The summed E-state index contributed by atoms with van der Waals surface area (Å²) in [7, 11) is 1.70. The molecule has 0 bridgehead atoms. The van der Waals surface area contributed by atoms with Crippen LogP contribution in [0.15, 0.2) is 17.0 Å². The summed E-state index contributed by atoms with van der Waals surface area (Å²) in [6.07, 6.45) is 4.51. The average molecular weight is 294 g/mol. The monoisotopic (exact) mass is 294 g/mol. The van der Waals surface area contributed by atoms with Gasteiger partial charge in [-0.15, -0.1) is 11.8 Å². The van der Waals surface area contributed by atoms with Crippen molar-refractivity contribution in [2.24, 2.45) is 0 Å². The highest BCUT2D eigenvalue weighted by Gasteiger charge is 2.25. The topological polar surface area (TPSA) is 46.5 Å². The van der Waals surface area contributed by atoms with E-state index in [2.05, 4.69) is 0 Å². The molecule has 0 spiro atoms. The van der Waals surface area contributed by atoms with Crippen molar-refractivity contribution in [1.29, 1.82) is 0 Å². The summed E-state index contributed by atoms with van der Waals surface area (Å²) in [6.45, 7) is 2.72. The van der Waals surface area contributed by atoms with Gasteiger partial charge >= 0.3 is 5.97 Å². The minimum Gasteiger partial charge on any atom is -0.478 e. The molecule has 0 atom stereocenters. The van der Waals surface area contributed by atoms with Crippen LogP contribution in [0.25, 0.3) is 0 Å². The average Bonchev–Trinajstić information content (AvgIpc) is 2.37. The van der Waals surface area contributed by atoms with Crippen molar-refractivity contribution in [1.82, 2.24) is 0 Å². The molecule has 0 aromatic heterocycles. The summed E-state index contributed by atoms with van der Waals surface area (Å²) in [4.78, 5) is 12.6. The summed E-state index contributed by atoms with van der Waals surface area (Å²) >= 11 is 1.74. The van der Waals surface area contributed by atoms with Gasteiger partial charge in [0.15, 0.2) is 0 Å². The van der Waals surface area contributed by atoms with E-state index in [0.29, 0.717) is 18.1 Å². The molecule has 1 saturated carbocycles. The fraction of sp³-hybridized carbons (Fsp3) is 0.562. The quantitative estimate of drug-likeness (QED) is 0.611. The van der Waals surface area contributed by atoms with Gasteiger partial charge in [0.1, 0.15) is 0 Å². The third kappa shape index (κ3) is 3.18. The van der Waals surface area contributed by atoms with Gasteiger partial charge in [0, 0.05) is 17.8 Å². The molecule has 2 rings (SSSR count). The summed E-state index contributed by atoms with van der Waals surface area (Å²) in [6, 6.07) is 3.82. The Morgan fingerprint density at radius 3 is 2.70 bits per heavy atom. The van der Waals surface area contributed by atoms with Gasteiger partial charge in [-0.25, -0.2) is 4.79 Å². The normalized spacial score (nSPS) is 15.1. The fourth-order valence-corrected chi connectivity index (χ4v) is 3.92. The predicted molar refractivity (Wildman–Crippen MR) is 82.0 cm³/mol. The lowest BCUT2D eigenvalue weighted by Crippen LogP contribution is -2.13. The lowest BCUT2D eigenvalue weighted by atomic mass is 9.79. The summed E-state index contributed by atoms with van der Waals surface area (Å²) in [5.74, 6) is 0.663. The lowest BCUT2D eigenvalue weighted by Gasteiger charge is -2.29. The Labute approximate surface area is 124 Å². The number of carboxylic acid groups (broad SMARTS) is 1. The molecule has 1 fully saturated rings. The molecule has 3 nitrogen and oxygen atoms in total. The smallest absolute Gasteiger partial charge is 0.336 e. The Morgan fingerprint density at radius 1 is 1.45 bits per heavy atom. The van der Waals surface area contributed by atoms with E-state index in [1.54, 1.807) is 24.9 Å². The van der Waals surface area contributed by atoms with Gasteiger partial charge in [-0.1, -0.05) is 19.4 Å². The maximum Gasteiger partial charge on any atom is 0.336 e. The van der Waals surface area contributed by atoms with E-state index in [9.17, 15) is 9.90 Å². The second kappa shape index (κ2) is 7.14. The Kier molecular flexibility index (Phi) is 5.49. The molecule has 1 aliphatic carbocycles. The van der Waals surface area contributed by atoms with E-state index in [4.69, 9.17) is 4.74 Å². The van der Waals surface area contributed by atoms with E-state index in [-0.39, 0.29) is 0 Å². The number of benzene rings is 1. The number of ether oxygens (including phenoxy) is 1. The van der Waals surface area contributed by atoms with Crippen molar-refractivity contribution in [2.75, 3.05) is 19.5 Å². The van der Waals surface area contributed by atoms with Crippen molar-refractivity contribution in [3.05, 3.63) is 28.8 Å². The Bertz CT molecular complexity index is 481. The number of hydrogen-bond donors (Lipinski definition) is 1. The Morgan fingerprint density at radius 2 is 2.20 bits per heavy atom. The van der Waals surface area contributed by atoms with Crippen molar-refractivity contribution >= 4 is 17.7 Å². The van der Waals surface area contributed by atoms with Crippen LogP contribution in [0.1, 0.15) is 53.6 Å².